The van der Waals surface area contributed by atoms with Crippen LogP contribution in [0, 0.1) is 0 Å². The first kappa shape index (κ1) is 49.4. The van der Waals surface area contributed by atoms with Gasteiger partial charge in [-0.15, -0.1) is 0 Å². The summed E-state index contributed by atoms with van der Waals surface area (Å²) in [6.45, 7) is 6.39. The number of carbonyl (C=O) groups excluding carboxylic acids is 3. The summed E-state index contributed by atoms with van der Waals surface area (Å²) in [6, 6.07) is 0. The molecule has 0 aliphatic carbocycles. The van der Waals surface area contributed by atoms with Crippen molar-refractivity contribution in [2.24, 2.45) is 0 Å². The zero-order valence-electron chi connectivity index (χ0n) is 34.1. The molecule has 0 fully saturated rings. The van der Waals surface area contributed by atoms with Crippen LogP contribution < -0.4 is 0 Å². The molecule has 1 unspecified atom stereocenters. The van der Waals surface area contributed by atoms with E-state index >= 15 is 0 Å². The Balaban J connectivity index is 4.36. The first-order valence-corrected chi connectivity index (χ1v) is 21.6. The van der Waals surface area contributed by atoms with E-state index in [1.54, 1.807) is 0 Å². The molecule has 0 aromatic heterocycles. The molecule has 0 heterocycles. The Bertz CT molecular complexity index is 933. The summed E-state index contributed by atoms with van der Waals surface area (Å²) in [7, 11) is 0. The molecule has 0 aromatic carbocycles. The van der Waals surface area contributed by atoms with E-state index in [2.05, 4.69) is 69.4 Å². The van der Waals surface area contributed by atoms with Crippen LogP contribution in [0.15, 0.2) is 48.6 Å². The van der Waals surface area contributed by atoms with Crippen molar-refractivity contribution in [3.63, 3.8) is 0 Å². The number of allylic oxidation sites excluding steroid dienone is 8. The second-order valence-corrected chi connectivity index (χ2v) is 14.2. The van der Waals surface area contributed by atoms with Crippen molar-refractivity contribution in [1.82, 2.24) is 0 Å². The molecule has 0 aliphatic rings. The molecule has 1 atom stereocenters. The van der Waals surface area contributed by atoms with Gasteiger partial charge in [-0.1, -0.05) is 146 Å². The molecular weight excluding hydrogens is 649 g/mol. The molecule has 0 aromatic rings. The van der Waals surface area contributed by atoms with Crippen molar-refractivity contribution in [3.8, 4) is 0 Å². The molecule has 0 bridgehead atoms. The lowest BCUT2D eigenvalue weighted by atomic mass is 10.1. The highest BCUT2D eigenvalue weighted by Crippen LogP contribution is 2.12. The van der Waals surface area contributed by atoms with E-state index in [-0.39, 0.29) is 37.5 Å². The average Bonchev–Trinajstić information content (AvgIpc) is 3.14. The number of unbranched alkanes of at least 4 members (excludes halogenated alkanes) is 19. The molecule has 0 saturated carbocycles. The quantitative estimate of drug-likeness (QED) is 0.0272. The molecular formula is C46H80O6. The van der Waals surface area contributed by atoms with Gasteiger partial charge in [0.1, 0.15) is 13.2 Å². The Morgan fingerprint density at radius 2 is 0.769 bits per heavy atom. The molecule has 52 heavy (non-hydrogen) atoms. The third-order valence-corrected chi connectivity index (χ3v) is 9.04. The third kappa shape index (κ3) is 38.6. The Labute approximate surface area is 320 Å². The van der Waals surface area contributed by atoms with E-state index in [0.29, 0.717) is 25.7 Å². The van der Waals surface area contributed by atoms with Crippen LogP contribution >= 0.6 is 0 Å². The highest BCUT2D eigenvalue weighted by atomic mass is 16.6. The topological polar surface area (TPSA) is 78.9 Å². The van der Waals surface area contributed by atoms with Crippen molar-refractivity contribution in [2.45, 2.75) is 213 Å². The zero-order valence-corrected chi connectivity index (χ0v) is 34.1. The van der Waals surface area contributed by atoms with E-state index in [9.17, 15) is 14.4 Å². The maximum absolute atomic E-state index is 12.6. The highest BCUT2D eigenvalue weighted by Gasteiger charge is 2.19. The number of esters is 3. The van der Waals surface area contributed by atoms with Gasteiger partial charge in [-0.2, -0.15) is 0 Å². The first-order chi connectivity index (χ1) is 25.5. The largest absolute Gasteiger partial charge is 0.462 e. The number of hydrogen-bond donors (Lipinski definition) is 0. The van der Waals surface area contributed by atoms with Crippen LogP contribution in [0.2, 0.25) is 0 Å². The van der Waals surface area contributed by atoms with E-state index in [1.807, 2.05) is 0 Å². The molecule has 0 aliphatic heterocycles. The maximum atomic E-state index is 12.6. The summed E-state index contributed by atoms with van der Waals surface area (Å²) in [4.78, 5) is 37.5. The van der Waals surface area contributed by atoms with Crippen LogP contribution in [0.4, 0.5) is 0 Å². The van der Waals surface area contributed by atoms with E-state index < -0.39 is 6.10 Å². The summed E-state index contributed by atoms with van der Waals surface area (Å²) in [6.07, 6.45) is 46.9. The van der Waals surface area contributed by atoms with Gasteiger partial charge < -0.3 is 14.2 Å². The normalized spacial score (nSPS) is 12.4. The lowest BCUT2D eigenvalue weighted by Gasteiger charge is -2.18. The van der Waals surface area contributed by atoms with Crippen LogP contribution in [0.25, 0.3) is 0 Å². The van der Waals surface area contributed by atoms with E-state index in [4.69, 9.17) is 14.2 Å². The van der Waals surface area contributed by atoms with E-state index in [1.165, 1.54) is 89.9 Å². The Hall–Kier alpha value is -2.63. The summed E-state index contributed by atoms with van der Waals surface area (Å²) in [5.74, 6) is -0.987. The number of rotatable bonds is 38. The molecule has 6 nitrogen and oxygen atoms in total. The summed E-state index contributed by atoms with van der Waals surface area (Å²) < 4.78 is 16.5. The first-order valence-electron chi connectivity index (χ1n) is 21.6. The third-order valence-electron chi connectivity index (χ3n) is 9.04. The molecule has 0 radical (unpaired) electrons. The van der Waals surface area contributed by atoms with Crippen molar-refractivity contribution < 1.29 is 28.6 Å². The minimum atomic E-state index is -0.799. The summed E-state index contributed by atoms with van der Waals surface area (Å²) in [5.41, 5.74) is 0. The second-order valence-electron chi connectivity index (χ2n) is 14.2. The number of hydrogen-bond acceptors (Lipinski definition) is 6. The fourth-order valence-corrected chi connectivity index (χ4v) is 5.77. The van der Waals surface area contributed by atoms with E-state index in [0.717, 1.165) is 64.2 Å². The predicted octanol–water partition coefficient (Wildman–Crippen LogP) is 13.6. The van der Waals surface area contributed by atoms with Crippen LogP contribution in [0.5, 0.6) is 0 Å². The zero-order chi connectivity index (χ0) is 38.0. The van der Waals surface area contributed by atoms with Gasteiger partial charge in [-0.05, 0) is 89.9 Å². The van der Waals surface area contributed by atoms with Crippen LogP contribution in [-0.4, -0.2) is 37.2 Å². The molecule has 0 spiro atoms. The summed E-state index contributed by atoms with van der Waals surface area (Å²) >= 11 is 0. The van der Waals surface area contributed by atoms with Crippen LogP contribution in [-0.2, 0) is 28.6 Å². The molecule has 0 N–H and O–H groups in total. The van der Waals surface area contributed by atoms with Gasteiger partial charge in [0.25, 0.3) is 0 Å². The second kappa shape index (κ2) is 41.1. The molecule has 0 rings (SSSR count). The molecule has 300 valence electrons. The van der Waals surface area contributed by atoms with Gasteiger partial charge in [-0.25, -0.2) is 0 Å². The Morgan fingerprint density at radius 1 is 0.404 bits per heavy atom. The Kier molecular flexibility index (Phi) is 39.1. The molecule has 0 saturated heterocycles. The Morgan fingerprint density at radius 3 is 1.31 bits per heavy atom. The van der Waals surface area contributed by atoms with Gasteiger partial charge in [0.2, 0.25) is 0 Å². The van der Waals surface area contributed by atoms with Gasteiger partial charge >= 0.3 is 17.9 Å². The maximum Gasteiger partial charge on any atom is 0.306 e. The minimum absolute atomic E-state index is 0.0994. The minimum Gasteiger partial charge on any atom is -0.462 e. The van der Waals surface area contributed by atoms with Crippen LogP contribution in [0.1, 0.15) is 207 Å². The van der Waals surface area contributed by atoms with Crippen molar-refractivity contribution in [3.05, 3.63) is 48.6 Å². The number of ether oxygens (including phenoxy) is 3. The molecule has 0 amide bonds. The lowest BCUT2D eigenvalue weighted by molar-refractivity contribution is -0.167. The molecule has 6 heteroatoms. The monoisotopic (exact) mass is 729 g/mol. The summed E-state index contributed by atoms with van der Waals surface area (Å²) in [5, 5.41) is 0. The number of carbonyl (C=O) groups is 3. The van der Waals surface area contributed by atoms with Crippen molar-refractivity contribution in [2.75, 3.05) is 13.2 Å². The lowest BCUT2D eigenvalue weighted by Crippen LogP contribution is -2.30. The SMILES string of the molecule is CC/C=C\C/C=C\CCCCC(=O)OC(COC(=O)CCC/C=C\CCCCCC)COC(=O)CCCCCCC/C=C\CCCCCCCCC. The highest BCUT2D eigenvalue weighted by molar-refractivity contribution is 5.71. The van der Waals surface area contributed by atoms with Gasteiger partial charge in [-0.3, -0.25) is 14.4 Å². The van der Waals surface area contributed by atoms with Gasteiger partial charge in [0.15, 0.2) is 6.10 Å². The fraction of sp³-hybridized carbons (Fsp3) is 0.761. The van der Waals surface area contributed by atoms with Crippen molar-refractivity contribution >= 4 is 17.9 Å². The van der Waals surface area contributed by atoms with Crippen molar-refractivity contribution in [1.29, 1.82) is 0 Å². The standard InChI is InChI=1S/C46H80O6/c1-4-7-10-13-16-19-20-21-22-23-24-25-28-30-33-36-39-45(48)51-42-43(52-46(49)40-37-34-31-27-18-15-12-9-6-3)41-50-44(47)38-35-32-29-26-17-14-11-8-5-2/h9,12,18,22-23,26-27,29,43H,4-8,10-11,13-17,19-21,24-25,28,30-42H2,1-3H3/b12-9-,23-22-,27-18-,29-26-. The van der Waals surface area contributed by atoms with Crippen LogP contribution in [0.3, 0.4) is 0 Å². The fourth-order valence-electron chi connectivity index (χ4n) is 5.77. The van der Waals surface area contributed by atoms with Gasteiger partial charge in [0.05, 0.1) is 0 Å². The van der Waals surface area contributed by atoms with Gasteiger partial charge in [0, 0.05) is 19.3 Å². The average molecular weight is 729 g/mol. The smallest absolute Gasteiger partial charge is 0.306 e. The predicted molar refractivity (Wildman–Crippen MR) is 219 cm³/mol.